The van der Waals surface area contributed by atoms with Crippen LogP contribution >= 0.6 is 11.6 Å². The van der Waals surface area contributed by atoms with Gasteiger partial charge < -0.3 is 14.7 Å². The lowest BCUT2D eigenvalue weighted by molar-refractivity contribution is -0.142. The molecule has 122 valence electrons. The van der Waals surface area contributed by atoms with Crippen molar-refractivity contribution in [2.45, 2.75) is 32.2 Å². The molecular weight excluding hydrogens is 306 g/mol. The molecule has 0 heterocycles. The van der Waals surface area contributed by atoms with E-state index in [2.05, 4.69) is 4.74 Å². The number of halogens is 1. The number of nitrogens with zero attached hydrogens (tertiary/aromatic N) is 1. The van der Waals surface area contributed by atoms with E-state index in [-0.39, 0.29) is 43.9 Å². The van der Waals surface area contributed by atoms with Crippen LogP contribution in [0.3, 0.4) is 0 Å². The zero-order valence-corrected chi connectivity index (χ0v) is 13.7. The van der Waals surface area contributed by atoms with Crippen LogP contribution in [-0.2, 0) is 20.7 Å². The summed E-state index contributed by atoms with van der Waals surface area (Å²) < 4.78 is 4.60. The Morgan fingerprint density at radius 3 is 2.45 bits per heavy atom. The fourth-order valence-electron chi connectivity index (χ4n) is 2.15. The molecule has 1 aromatic carbocycles. The molecule has 1 atom stereocenters. The average molecular weight is 328 g/mol. The predicted molar refractivity (Wildman–Crippen MR) is 84.7 cm³/mol. The molecule has 5 nitrogen and oxygen atoms in total. The molecule has 1 N–H and O–H groups in total. The minimum Gasteiger partial charge on any atom is -0.469 e. The van der Waals surface area contributed by atoms with E-state index < -0.39 is 0 Å². The Kier molecular flexibility index (Phi) is 7.91. The van der Waals surface area contributed by atoms with Crippen LogP contribution in [0.1, 0.15) is 25.3 Å². The van der Waals surface area contributed by atoms with E-state index in [1.165, 1.54) is 7.11 Å². The molecule has 0 aromatic heterocycles. The highest BCUT2D eigenvalue weighted by Crippen LogP contribution is 2.13. The molecular formula is C16H22ClNO4. The first kappa shape index (κ1) is 18.5. The number of carbonyl (C=O) groups excluding carboxylic acids is 2. The number of ether oxygens (including phenoxy) is 1. The molecule has 0 saturated carbocycles. The van der Waals surface area contributed by atoms with Crippen LogP contribution in [0.5, 0.6) is 0 Å². The Morgan fingerprint density at radius 1 is 1.32 bits per heavy atom. The number of methoxy groups -OCH3 is 1. The molecule has 0 aliphatic carbocycles. The minimum atomic E-state index is -0.378. The highest BCUT2D eigenvalue weighted by atomic mass is 35.5. The van der Waals surface area contributed by atoms with Gasteiger partial charge in [0.2, 0.25) is 5.91 Å². The summed E-state index contributed by atoms with van der Waals surface area (Å²) in [5, 5.41) is 10.1. The van der Waals surface area contributed by atoms with Gasteiger partial charge in [-0.3, -0.25) is 9.59 Å². The lowest BCUT2D eigenvalue weighted by Gasteiger charge is -2.30. The van der Waals surface area contributed by atoms with Gasteiger partial charge in [-0.2, -0.15) is 0 Å². The Hall–Kier alpha value is -1.59. The maximum absolute atomic E-state index is 12.5. The Morgan fingerprint density at radius 2 is 1.95 bits per heavy atom. The van der Waals surface area contributed by atoms with Gasteiger partial charge >= 0.3 is 5.97 Å². The third kappa shape index (κ3) is 5.66. The van der Waals surface area contributed by atoms with Crippen molar-refractivity contribution in [3.8, 4) is 0 Å². The minimum absolute atomic E-state index is 0.110. The van der Waals surface area contributed by atoms with Crippen molar-refractivity contribution in [1.29, 1.82) is 0 Å². The van der Waals surface area contributed by atoms with Crippen LogP contribution < -0.4 is 0 Å². The molecule has 0 aliphatic heterocycles. The number of hydrogen-bond acceptors (Lipinski definition) is 4. The molecule has 0 saturated heterocycles. The van der Waals surface area contributed by atoms with Gasteiger partial charge in [0.1, 0.15) is 0 Å². The Balaban J connectivity index is 2.77. The van der Waals surface area contributed by atoms with Crippen LogP contribution in [0.15, 0.2) is 24.3 Å². The lowest BCUT2D eigenvalue weighted by Crippen LogP contribution is -2.44. The molecule has 1 rings (SSSR count). The van der Waals surface area contributed by atoms with E-state index in [0.29, 0.717) is 11.4 Å². The van der Waals surface area contributed by atoms with Crippen molar-refractivity contribution in [2.24, 2.45) is 0 Å². The molecule has 22 heavy (non-hydrogen) atoms. The second-order valence-corrected chi connectivity index (χ2v) is 5.40. The molecule has 0 spiro atoms. The maximum Gasteiger partial charge on any atom is 0.307 e. The van der Waals surface area contributed by atoms with Gasteiger partial charge in [-0.1, -0.05) is 30.7 Å². The summed E-state index contributed by atoms with van der Waals surface area (Å²) in [5.74, 6) is -0.510. The third-order valence-corrected chi connectivity index (χ3v) is 3.75. The number of amides is 1. The van der Waals surface area contributed by atoms with Crippen molar-refractivity contribution >= 4 is 23.5 Å². The molecule has 1 unspecified atom stereocenters. The fraction of sp³-hybridized carbons (Fsp3) is 0.500. The quantitative estimate of drug-likeness (QED) is 0.742. The highest BCUT2D eigenvalue weighted by Gasteiger charge is 2.22. The first-order valence-electron chi connectivity index (χ1n) is 7.23. The monoisotopic (exact) mass is 327 g/mol. The SMILES string of the molecule is CCC(CO)N(CCC(=O)OC)C(=O)Cc1ccc(Cl)cc1. The van der Waals surface area contributed by atoms with Crippen LogP contribution in [-0.4, -0.2) is 48.2 Å². The number of aliphatic hydroxyl groups is 1. The molecule has 6 heteroatoms. The fourth-order valence-corrected chi connectivity index (χ4v) is 2.28. The largest absolute Gasteiger partial charge is 0.469 e. The van der Waals surface area contributed by atoms with Crippen LogP contribution in [0, 0.1) is 0 Å². The van der Waals surface area contributed by atoms with E-state index >= 15 is 0 Å². The standard InChI is InChI=1S/C16H22ClNO4/c1-3-14(11-19)18(9-8-16(21)22-2)15(20)10-12-4-6-13(17)7-5-12/h4-7,14,19H,3,8-11H2,1-2H3. The van der Waals surface area contributed by atoms with E-state index in [4.69, 9.17) is 11.6 Å². The van der Waals surface area contributed by atoms with Gasteiger partial charge in [0, 0.05) is 11.6 Å². The molecule has 1 aromatic rings. The first-order valence-corrected chi connectivity index (χ1v) is 7.61. The van der Waals surface area contributed by atoms with Crippen molar-refractivity contribution in [2.75, 3.05) is 20.3 Å². The zero-order valence-electron chi connectivity index (χ0n) is 12.9. The van der Waals surface area contributed by atoms with Gasteiger partial charge in [-0.25, -0.2) is 0 Å². The number of benzene rings is 1. The highest BCUT2D eigenvalue weighted by molar-refractivity contribution is 6.30. The molecule has 1 amide bonds. The summed E-state index contributed by atoms with van der Waals surface area (Å²) in [6.45, 7) is 1.99. The van der Waals surface area contributed by atoms with E-state index in [1.54, 1.807) is 29.2 Å². The molecule has 0 fully saturated rings. The second-order valence-electron chi connectivity index (χ2n) is 4.96. The Bertz CT molecular complexity index is 485. The average Bonchev–Trinajstić information content (AvgIpc) is 2.53. The summed E-state index contributed by atoms with van der Waals surface area (Å²) >= 11 is 5.83. The normalized spacial score (nSPS) is 11.8. The van der Waals surface area contributed by atoms with Gasteiger partial charge in [0.05, 0.1) is 32.6 Å². The number of aliphatic hydroxyl groups excluding tert-OH is 1. The van der Waals surface area contributed by atoms with Crippen molar-refractivity contribution in [3.63, 3.8) is 0 Å². The maximum atomic E-state index is 12.5. The van der Waals surface area contributed by atoms with Gasteiger partial charge in [0.25, 0.3) is 0 Å². The van der Waals surface area contributed by atoms with Crippen LogP contribution in [0.25, 0.3) is 0 Å². The number of esters is 1. The summed E-state index contributed by atoms with van der Waals surface area (Å²) in [5.41, 5.74) is 0.838. The van der Waals surface area contributed by atoms with E-state index in [9.17, 15) is 14.7 Å². The first-order chi connectivity index (χ1) is 10.5. The molecule has 0 radical (unpaired) electrons. The number of carbonyl (C=O) groups is 2. The second kappa shape index (κ2) is 9.43. The summed E-state index contributed by atoms with van der Waals surface area (Å²) in [6.07, 6.45) is 0.929. The molecule has 0 bridgehead atoms. The van der Waals surface area contributed by atoms with Crippen LogP contribution in [0.4, 0.5) is 0 Å². The zero-order chi connectivity index (χ0) is 16.5. The van der Waals surface area contributed by atoms with E-state index in [0.717, 1.165) is 5.56 Å². The van der Waals surface area contributed by atoms with Gasteiger partial charge in [-0.05, 0) is 24.1 Å². The van der Waals surface area contributed by atoms with Crippen molar-refractivity contribution < 1.29 is 19.4 Å². The van der Waals surface area contributed by atoms with Crippen molar-refractivity contribution in [1.82, 2.24) is 4.90 Å². The number of hydrogen-bond donors (Lipinski definition) is 1. The lowest BCUT2D eigenvalue weighted by atomic mass is 10.1. The summed E-state index contributed by atoms with van der Waals surface area (Å²) in [6, 6.07) is 6.74. The Labute approximate surface area is 135 Å². The number of rotatable bonds is 8. The molecule has 0 aliphatic rings. The van der Waals surface area contributed by atoms with E-state index in [1.807, 2.05) is 6.92 Å². The topological polar surface area (TPSA) is 66.8 Å². The summed E-state index contributed by atoms with van der Waals surface area (Å²) in [4.78, 5) is 25.3. The third-order valence-electron chi connectivity index (χ3n) is 3.50. The predicted octanol–water partition coefficient (Wildman–Crippen LogP) is 2.05. The van der Waals surface area contributed by atoms with Crippen molar-refractivity contribution in [3.05, 3.63) is 34.9 Å². The summed E-state index contributed by atoms with van der Waals surface area (Å²) in [7, 11) is 1.31. The van der Waals surface area contributed by atoms with Gasteiger partial charge in [-0.15, -0.1) is 0 Å². The van der Waals surface area contributed by atoms with Crippen LogP contribution in [0.2, 0.25) is 5.02 Å². The smallest absolute Gasteiger partial charge is 0.307 e. The van der Waals surface area contributed by atoms with Gasteiger partial charge in [0.15, 0.2) is 0 Å².